The van der Waals surface area contributed by atoms with E-state index in [-0.39, 0.29) is 5.25 Å². The first-order chi connectivity index (χ1) is 7.41. The summed E-state index contributed by atoms with van der Waals surface area (Å²) in [6, 6.07) is 4.83. The highest BCUT2D eigenvalue weighted by Crippen LogP contribution is 2.17. The van der Waals surface area contributed by atoms with Crippen molar-refractivity contribution in [3.8, 4) is 0 Å². The molecule has 16 heavy (non-hydrogen) atoms. The minimum Gasteiger partial charge on any atom is -0.398 e. The summed E-state index contributed by atoms with van der Waals surface area (Å²) in [5, 5.41) is 0.0928. The van der Waals surface area contributed by atoms with Gasteiger partial charge in [-0.1, -0.05) is 19.9 Å². The summed E-state index contributed by atoms with van der Waals surface area (Å²) in [4.78, 5) is 10.9. The molecule has 0 aliphatic heterocycles. The molecule has 88 valence electrons. The Labute approximate surface area is 97.5 Å². The fourth-order valence-electron chi connectivity index (χ4n) is 1.20. The van der Waals surface area contributed by atoms with E-state index in [1.165, 1.54) is 6.07 Å². The number of rotatable bonds is 4. The van der Waals surface area contributed by atoms with Crippen molar-refractivity contribution in [2.45, 2.75) is 24.9 Å². The van der Waals surface area contributed by atoms with Gasteiger partial charge in [-0.15, -0.1) is 0 Å². The Morgan fingerprint density at radius 2 is 2.06 bits per heavy atom. The zero-order chi connectivity index (χ0) is 12.3. The topological polar surface area (TPSA) is 86.2 Å². The molecule has 0 fully saturated rings. The number of carbonyl (C=O) groups excluding carboxylic acids is 1. The Balaban J connectivity index is 2.91. The first-order valence-electron chi connectivity index (χ1n) is 4.97. The summed E-state index contributed by atoms with van der Waals surface area (Å²) < 4.78 is 11.6. The van der Waals surface area contributed by atoms with E-state index in [0.717, 1.165) is 5.56 Å². The second-order valence-electron chi connectivity index (χ2n) is 3.85. The second-order valence-corrected chi connectivity index (χ2v) is 5.84. The lowest BCUT2D eigenvalue weighted by Crippen LogP contribution is -2.13. The SMILES string of the molecule is CC(C)S(=O)Cc1ccc(C(N)=O)cc1N. The van der Waals surface area contributed by atoms with Gasteiger partial charge in [0.1, 0.15) is 0 Å². The summed E-state index contributed by atoms with van der Waals surface area (Å²) in [5.74, 6) is -0.106. The van der Waals surface area contributed by atoms with Crippen LogP contribution in [0.4, 0.5) is 5.69 Å². The predicted octanol–water partition coefficient (Wildman–Crippen LogP) is 1.02. The van der Waals surface area contributed by atoms with Crippen LogP contribution in [0.3, 0.4) is 0 Å². The van der Waals surface area contributed by atoms with Crippen molar-refractivity contribution in [3.63, 3.8) is 0 Å². The molecule has 0 radical (unpaired) electrons. The molecule has 0 aliphatic carbocycles. The van der Waals surface area contributed by atoms with E-state index in [4.69, 9.17) is 11.5 Å². The molecule has 0 bridgehead atoms. The highest BCUT2D eigenvalue weighted by Gasteiger charge is 2.10. The number of benzene rings is 1. The molecule has 1 rings (SSSR count). The van der Waals surface area contributed by atoms with Crippen LogP contribution in [0.5, 0.6) is 0 Å². The molecule has 0 saturated carbocycles. The van der Waals surface area contributed by atoms with Crippen LogP contribution < -0.4 is 11.5 Å². The summed E-state index contributed by atoms with van der Waals surface area (Å²) in [7, 11) is -0.946. The third-order valence-corrected chi connectivity index (χ3v) is 3.90. The Hall–Kier alpha value is -1.36. The molecule has 0 spiro atoms. The van der Waals surface area contributed by atoms with Gasteiger partial charge in [0.05, 0.1) is 5.75 Å². The van der Waals surface area contributed by atoms with Crippen molar-refractivity contribution < 1.29 is 9.00 Å². The van der Waals surface area contributed by atoms with Crippen LogP contribution in [-0.4, -0.2) is 15.4 Å². The van der Waals surface area contributed by atoms with Crippen LogP contribution in [0, 0.1) is 0 Å². The molecule has 1 aromatic carbocycles. The number of nitrogens with two attached hydrogens (primary N) is 2. The molecular formula is C11H16N2O2S. The molecule has 1 aromatic rings. The zero-order valence-corrected chi connectivity index (χ0v) is 10.2. The molecule has 5 heteroatoms. The van der Waals surface area contributed by atoms with Gasteiger partial charge in [0.25, 0.3) is 0 Å². The van der Waals surface area contributed by atoms with E-state index in [1.54, 1.807) is 12.1 Å². The lowest BCUT2D eigenvalue weighted by molar-refractivity contribution is 0.100. The van der Waals surface area contributed by atoms with Gasteiger partial charge in [-0.2, -0.15) is 0 Å². The predicted molar refractivity (Wildman–Crippen MR) is 66.4 cm³/mol. The largest absolute Gasteiger partial charge is 0.398 e. The Bertz CT molecular complexity index is 430. The highest BCUT2D eigenvalue weighted by atomic mass is 32.2. The van der Waals surface area contributed by atoms with Gasteiger partial charge in [0.15, 0.2) is 0 Å². The van der Waals surface area contributed by atoms with Crippen LogP contribution in [0.25, 0.3) is 0 Å². The van der Waals surface area contributed by atoms with Gasteiger partial charge >= 0.3 is 0 Å². The van der Waals surface area contributed by atoms with Gasteiger partial charge in [0.2, 0.25) is 5.91 Å². The standard InChI is InChI=1S/C11H16N2O2S/c1-7(2)16(15)6-9-4-3-8(11(13)14)5-10(9)12/h3-5,7H,6,12H2,1-2H3,(H2,13,14). The normalized spacial score (nSPS) is 12.7. The maximum Gasteiger partial charge on any atom is 0.248 e. The molecular weight excluding hydrogens is 224 g/mol. The fraction of sp³-hybridized carbons (Fsp3) is 0.364. The molecule has 0 aromatic heterocycles. The molecule has 1 unspecified atom stereocenters. The molecule has 4 nitrogen and oxygen atoms in total. The van der Waals surface area contributed by atoms with Crippen molar-refractivity contribution in [2.24, 2.45) is 5.73 Å². The average molecular weight is 240 g/mol. The number of primary amides is 1. The third kappa shape index (κ3) is 3.06. The lowest BCUT2D eigenvalue weighted by atomic mass is 10.1. The molecule has 1 amide bonds. The van der Waals surface area contributed by atoms with Crippen LogP contribution in [0.15, 0.2) is 18.2 Å². The fourth-order valence-corrected chi connectivity index (χ4v) is 2.10. The quantitative estimate of drug-likeness (QED) is 0.770. The first-order valence-corrected chi connectivity index (χ1v) is 6.35. The van der Waals surface area contributed by atoms with Crippen LogP contribution in [-0.2, 0) is 16.6 Å². The number of hydrogen-bond acceptors (Lipinski definition) is 3. The van der Waals surface area contributed by atoms with E-state index in [1.807, 2.05) is 13.8 Å². The van der Waals surface area contributed by atoms with Gasteiger partial charge in [-0.05, 0) is 17.7 Å². The van der Waals surface area contributed by atoms with Gasteiger partial charge in [-0.3, -0.25) is 9.00 Å². The maximum atomic E-state index is 11.6. The maximum absolute atomic E-state index is 11.6. The van der Waals surface area contributed by atoms with Gasteiger partial charge in [0, 0.05) is 27.3 Å². The lowest BCUT2D eigenvalue weighted by Gasteiger charge is -2.09. The van der Waals surface area contributed by atoms with Crippen molar-refractivity contribution in [1.29, 1.82) is 0 Å². The first kappa shape index (κ1) is 12.7. The van der Waals surface area contributed by atoms with Crippen molar-refractivity contribution in [3.05, 3.63) is 29.3 Å². The third-order valence-electron chi connectivity index (χ3n) is 2.25. The summed E-state index contributed by atoms with van der Waals surface area (Å²) >= 11 is 0. The highest BCUT2D eigenvalue weighted by molar-refractivity contribution is 7.84. The number of amides is 1. The summed E-state index contributed by atoms with van der Waals surface area (Å²) in [5.41, 5.74) is 12.5. The Morgan fingerprint density at radius 1 is 1.44 bits per heavy atom. The van der Waals surface area contributed by atoms with Crippen LogP contribution >= 0.6 is 0 Å². The molecule has 0 heterocycles. The van der Waals surface area contributed by atoms with Crippen molar-refractivity contribution in [2.75, 3.05) is 5.73 Å². The molecule has 1 atom stereocenters. The van der Waals surface area contributed by atoms with E-state index in [0.29, 0.717) is 17.0 Å². The molecule has 0 aliphatic rings. The van der Waals surface area contributed by atoms with Gasteiger partial charge in [-0.25, -0.2) is 0 Å². The minimum absolute atomic E-state index is 0.0928. The number of anilines is 1. The van der Waals surface area contributed by atoms with Crippen molar-refractivity contribution in [1.82, 2.24) is 0 Å². The smallest absolute Gasteiger partial charge is 0.248 e. The van der Waals surface area contributed by atoms with E-state index >= 15 is 0 Å². The Morgan fingerprint density at radius 3 is 2.50 bits per heavy atom. The summed E-state index contributed by atoms with van der Waals surface area (Å²) in [6.45, 7) is 3.79. The number of carbonyl (C=O) groups is 1. The van der Waals surface area contributed by atoms with E-state index in [9.17, 15) is 9.00 Å². The van der Waals surface area contributed by atoms with Crippen molar-refractivity contribution >= 4 is 22.4 Å². The van der Waals surface area contributed by atoms with E-state index < -0.39 is 16.7 Å². The van der Waals surface area contributed by atoms with E-state index in [2.05, 4.69) is 0 Å². The second kappa shape index (κ2) is 5.12. The zero-order valence-electron chi connectivity index (χ0n) is 9.40. The Kier molecular flexibility index (Phi) is 4.06. The van der Waals surface area contributed by atoms with Crippen LogP contribution in [0.2, 0.25) is 0 Å². The molecule has 0 saturated heterocycles. The minimum atomic E-state index is -0.946. The van der Waals surface area contributed by atoms with Gasteiger partial charge < -0.3 is 11.5 Å². The molecule has 4 N–H and O–H groups in total. The number of hydrogen-bond donors (Lipinski definition) is 2. The van der Waals surface area contributed by atoms with Crippen LogP contribution in [0.1, 0.15) is 29.8 Å². The average Bonchev–Trinajstić information content (AvgIpc) is 2.20. The monoisotopic (exact) mass is 240 g/mol. The number of nitrogen functional groups attached to an aromatic ring is 1. The summed E-state index contributed by atoms with van der Waals surface area (Å²) in [6.07, 6.45) is 0.